The molecule has 4 aromatic rings. The zero-order valence-electron chi connectivity index (χ0n) is 16.7. The van der Waals surface area contributed by atoms with Crippen LogP contribution >= 0.6 is 11.3 Å². The van der Waals surface area contributed by atoms with E-state index in [0.29, 0.717) is 16.8 Å². The van der Waals surface area contributed by atoms with Crippen LogP contribution in [0.15, 0.2) is 78.9 Å². The van der Waals surface area contributed by atoms with Crippen molar-refractivity contribution in [2.45, 2.75) is 13.0 Å². The largest absolute Gasteiger partial charge is 0.333 e. The molecule has 1 heterocycles. The van der Waals surface area contributed by atoms with Gasteiger partial charge in [-0.3, -0.25) is 9.59 Å². The summed E-state index contributed by atoms with van der Waals surface area (Å²) >= 11 is 1.60. The molecule has 0 saturated heterocycles. The normalized spacial score (nSPS) is 11.8. The van der Waals surface area contributed by atoms with E-state index in [4.69, 9.17) is 0 Å². The van der Waals surface area contributed by atoms with Gasteiger partial charge in [-0.15, -0.1) is 11.3 Å². The van der Waals surface area contributed by atoms with E-state index in [-0.39, 0.29) is 17.9 Å². The topological polar surface area (TPSA) is 62.3 Å². The molecule has 0 aliphatic heterocycles. The SMILES string of the molecule is CC(c1nc2ccccc2s1)N(C)C(=O)c1ccc(NC(=O)c2ccccc2)cc1. The Morgan fingerprint density at radius 1 is 0.900 bits per heavy atom. The van der Waals surface area contributed by atoms with E-state index in [2.05, 4.69) is 10.3 Å². The van der Waals surface area contributed by atoms with Crippen LogP contribution in [0, 0.1) is 0 Å². The van der Waals surface area contributed by atoms with Crippen molar-refractivity contribution in [2.24, 2.45) is 0 Å². The third-order valence-electron chi connectivity index (χ3n) is 4.99. The lowest BCUT2D eigenvalue weighted by Crippen LogP contribution is -2.29. The summed E-state index contributed by atoms with van der Waals surface area (Å²) < 4.78 is 1.11. The number of rotatable bonds is 5. The summed E-state index contributed by atoms with van der Waals surface area (Å²) in [6.45, 7) is 1.98. The zero-order valence-corrected chi connectivity index (χ0v) is 17.5. The van der Waals surface area contributed by atoms with Gasteiger partial charge in [0.2, 0.25) is 0 Å². The summed E-state index contributed by atoms with van der Waals surface area (Å²) in [6, 6.07) is 23.8. The average Bonchev–Trinajstić information content (AvgIpc) is 3.23. The summed E-state index contributed by atoms with van der Waals surface area (Å²) in [5.74, 6) is -0.279. The fourth-order valence-electron chi connectivity index (χ4n) is 3.10. The number of nitrogens with one attached hydrogen (secondary N) is 1. The number of hydrogen-bond acceptors (Lipinski definition) is 4. The maximum absolute atomic E-state index is 12.9. The first kappa shape index (κ1) is 19.8. The van der Waals surface area contributed by atoms with Gasteiger partial charge in [0.25, 0.3) is 11.8 Å². The fraction of sp³-hybridized carbons (Fsp3) is 0.125. The summed E-state index contributed by atoms with van der Waals surface area (Å²) in [5.41, 5.74) is 2.73. The Hall–Kier alpha value is -3.51. The zero-order chi connectivity index (χ0) is 21.1. The quantitative estimate of drug-likeness (QED) is 0.476. The first-order chi connectivity index (χ1) is 14.5. The van der Waals surface area contributed by atoms with Gasteiger partial charge in [0.1, 0.15) is 5.01 Å². The highest BCUT2D eigenvalue weighted by Gasteiger charge is 2.22. The minimum atomic E-state index is -0.184. The number of thiazole rings is 1. The van der Waals surface area contributed by atoms with Crippen molar-refractivity contribution in [2.75, 3.05) is 12.4 Å². The van der Waals surface area contributed by atoms with Crippen LogP contribution in [0.1, 0.15) is 38.7 Å². The molecule has 0 radical (unpaired) electrons. The summed E-state index contributed by atoms with van der Waals surface area (Å²) in [6.07, 6.45) is 0. The molecule has 1 atom stereocenters. The van der Waals surface area contributed by atoms with Gasteiger partial charge in [-0.05, 0) is 55.5 Å². The summed E-state index contributed by atoms with van der Waals surface area (Å²) in [7, 11) is 1.78. The Morgan fingerprint density at radius 3 is 2.27 bits per heavy atom. The van der Waals surface area contributed by atoms with Gasteiger partial charge in [0.05, 0.1) is 16.3 Å². The predicted octanol–water partition coefficient (Wildman–Crippen LogP) is 5.38. The van der Waals surface area contributed by atoms with Gasteiger partial charge in [0, 0.05) is 23.9 Å². The summed E-state index contributed by atoms with van der Waals surface area (Å²) in [4.78, 5) is 31.6. The minimum absolute atomic E-state index is 0.0947. The number of benzene rings is 3. The van der Waals surface area contributed by atoms with Crippen LogP contribution in [-0.2, 0) is 0 Å². The Balaban J connectivity index is 1.45. The monoisotopic (exact) mass is 415 g/mol. The van der Waals surface area contributed by atoms with Gasteiger partial charge in [-0.1, -0.05) is 30.3 Å². The predicted molar refractivity (Wildman–Crippen MR) is 121 cm³/mol. The lowest BCUT2D eigenvalue weighted by molar-refractivity contribution is 0.0742. The maximum Gasteiger partial charge on any atom is 0.255 e. The van der Waals surface area contributed by atoms with Crippen molar-refractivity contribution in [1.29, 1.82) is 0 Å². The van der Waals surface area contributed by atoms with Crippen LogP contribution in [0.3, 0.4) is 0 Å². The standard InChI is InChI=1S/C24H21N3O2S/c1-16(23-26-20-10-6-7-11-21(20)30-23)27(2)24(29)18-12-14-19(15-13-18)25-22(28)17-8-4-3-5-9-17/h3-16H,1-2H3,(H,25,28). The smallest absolute Gasteiger partial charge is 0.255 e. The van der Waals surface area contributed by atoms with Gasteiger partial charge < -0.3 is 10.2 Å². The Labute approximate surface area is 179 Å². The van der Waals surface area contributed by atoms with Crippen molar-refractivity contribution >= 4 is 39.1 Å². The molecule has 150 valence electrons. The lowest BCUT2D eigenvalue weighted by atomic mass is 10.1. The van der Waals surface area contributed by atoms with Gasteiger partial charge >= 0.3 is 0 Å². The lowest BCUT2D eigenvalue weighted by Gasteiger charge is -2.23. The van der Waals surface area contributed by atoms with Crippen LogP contribution in [0.25, 0.3) is 10.2 Å². The minimum Gasteiger partial charge on any atom is -0.333 e. The van der Waals surface area contributed by atoms with Gasteiger partial charge in [-0.25, -0.2) is 4.98 Å². The molecule has 30 heavy (non-hydrogen) atoms. The van der Waals surface area contributed by atoms with E-state index >= 15 is 0 Å². The number of anilines is 1. The van der Waals surface area contributed by atoms with E-state index in [1.165, 1.54) is 0 Å². The molecule has 5 nitrogen and oxygen atoms in total. The summed E-state index contributed by atoms with van der Waals surface area (Å²) in [5, 5.41) is 3.75. The van der Waals surface area contributed by atoms with E-state index in [0.717, 1.165) is 15.2 Å². The Morgan fingerprint density at radius 2 is 1.57 bits per heavy atom. The molecule has 3 aromatic carbocycles. The van der Waals surface area contributed by atoms with E-state index in [1.54, 1.807) is 59.7 Å². The van der Waals surface area contributed by atoms with Crippen LogP contribution in [0.5, 0.6) is 0 Å². The molecular formula is C24H21N3O2S. The number of para-hydroxylation sites is 1. The second-order valence-electron chi connectivity index (χ2n) is 7.01. The number of fused-ring (bicyclic) bond motifs is 1. The second kappa shape index (κ2) is 8.47. The highest BCUT2D eigenvalue weighted by Crippen LogP contribution is 2.29. The molecule has 0 bridgehead atoms. The van der Waals surface area contributed by atoms with Crippen LogP contribution in [-0.4, -0.2) is 28.7 Å². The molecule has 0 fully saturated rings. The molecule has 0 saturated carbocycles. The molecule has 1 aromatic heterocycles. The van der Waals surface area contributed by atoms with Crippen molar-refractivity contribution in [3.8, 4) is 0 Å². The van der Waals surface area contributed by atoms with Crippen LogP contribution in [0.2, 0.25) is 0 Å². The second-order valence-corrected chi connectivity index (χ2v) is 8.07. The molecule has 6 heteroatoms. The molecule has 0 spiro atoms. The third kappa shape index (κ3) is 4.09. The number of hydrogen-bond donors (Lipinski definition) is 1. The third-order valence-corrected chi connectivity index (χ3v) is 6.20. The van der Waals surface area contributed by atoms with E-state index in [1.807, 2.05) is 49.4 Å². The molecule has 2 amide bonds. The Bertz CT molecular complexity index is 1150. The first-order valence-electron chi connectivity index (χ1n) is 9.62. The number of aromatic nitrogens is 1. The number of carbonyl (C=O) groups is 2. The average molecular weight is 416 g/mol. The van der Waals surface area contributed by atoms with Crippen molar-refractivity contribution in [3.63, 3.8) is 0 Å². The van der Waals surface area contributed by atoms with E-state index < -0.39 is 0 Å². The van der Waals surface area contributed by atoms with Crippen LogP contribution in [0.4, 0.5) is 5.69 Å². The van der Waals surface area contributed by atoms with Crippen molar-refractivity contribution in [3.05, 3.63) is 95.0 Å². The van der Waals surface area contributed by atoms with Crippen LogP contribution < -0.4 is 5.32 Å². The molecule has 4 rings (SSSR count). The highest BCUT2D eigenvalue weighted by atomic mass is 32.1. The highest BCUT2D eigenvalue weighted by molar-refractivity contribution is 7.18. The van der Waals surface area contributed by atoms with Crippen molar-refractivity contribution < 1.29 is 9.59 Å². The van der Waals surface area contributed by atoms with Gasteiger partial charge in [0.15, 0.2) is 0 Å². The molecule has 1 unspecified atom stereocenters. The Kier molecular flexibility index (Phi) is 5.59. The molecular weight excluding hydrogens is 394 g/mol. The van der Waals surface area contributed by atoms with Gasteiger partial charge in [-0.2, -0.15) is 0 Å². The molecule has 0 aliphatic rings. The van der Waals surface area contributed by atoms with Crippen molar-refractivity contribution in [1.82, 2.24) is 9.88 Å². The van der Waals surface area contributed by atoms with E-state index in [9.17, 15) is 9.59 Å². The number of carbonyl (C=O) groups excluding carboxylic acids is 2. The first-order valence-corrected chi connectivity index (χ1v) is 10.4. The number of amides is 2. The maximum atomic E-state index is 12.9. The molecule has 1 N–H and O–H groups in total. The number of nitrogens with zero attached hydrogens (tertiary/aromatic N) is 2. The molecule has 0 aliphatic carbocycles. The fourth-order valence-corrected chi connectivity index (χ4v) is 4.17.